The highest BCUT2D eigenvalue weighted by molar-refractivity contribution is 5.93. The van der Waals surface area contributed by atoms with Gasteiger partial charge in [0.05, 0.1) is 13.2 Å². The van der Waals surface area contributed by atoms with Gasteiger partial charge in [-0.05, 0) is 64.2 Å². The Hall–Kier alpha value is -2.13. The van der Waals surface area contributed by atoms with E-state index in [1.165, 1.54) is 12.8 Å². The Labute approximate surface area is 222 Å². The molecule has 0 saturated heterocycles. The van der Waals surface area contributed by atoms with Crippen LogP contribution in [0.25, 0.3) is 0 Å². The number of allylic oxidation sites excluding steroid dienone is 1. The molecule has 2 aliphatic rings. The molecule has 3 amide bonds. The molecular formula is C28H49N3O6. The third-order valence-electron chi connectivity index (χ3n) is 6.64. The topological polar surface area (TPSA) is 115 Å². The van der Waals surface area contributed by atoms with Crippen LogP contribution >= 0.6 is 0 Å². The standard InChI is InChI=1S/C28H49N3O6/c1-19-13-21(11-12-22(19)20-9-10-20)24(33)30-16-28(7,8)18-35-17-27(5,6)15-29-23(32)14-36-31-25(34)37-26(2,3)4/h13,19-20,22H,9-12,14-18H2,1-8H3,(H,29,32)(H,30,33)(H,31,34). The van der Waals surface area contributed by atoms with Crippen LogP contribution in [-0.2, 0) is 23.9 Å². The first-order chi connectivity index (χ1) is 17.1. The molecule has 2 atom stereocenters. The van der Waals surface area contributed by atoms with E-state index >= 15 is 0 Å². The minimum absolute atomic E-state index is 0.0422. The van der Waals surface area contributed by atoms with Crippen LogP contribution in [0.1, 0.15) is 81.1 Å². The van der Waals surface area contributed by atoms with E-state index in [1.807, 2.05) is 13.8 Å². The van der Waals surface area contributed by atoms with E-state index in [0.717, 1.165) is 30.3 Å². The van der Waals surface area contributed by atoms with Crippen molar-refractivity contribution in [3.05, 3.63) is 11.6 Å². The van der Waals surface area contributed by atoms with Crippen molar-refractivity contribution in [2.45, 2.75) is 86.7 Å². The molecule has 0 aromatic heterocycles. The van der Waals surface area contributed by atoms with Crippen LogP contribution in [0, 0.1) is 28.6 Å². The second-order valence-electron chi connectivity index (χ2n) is 13.3. The lowest BCUT2D eigenvalue weighted by Gasteiger charge is -2.30. The summed E-state index contributed by atoms with van der Waals surface area (Å²) in [4.78, 5) is 41.2. The van der Waals surface area contributed by atoms with Gasteiger partial charge in [-0.25, -0.2) is 4.79 Å². The zero-order valence-electron chi connectivity index (χ0n) is 24.1. The van der Waals surface area contributed by atoms with Crippen molar-refractivity contribution < 1.29 is 28.7 Å². The number of rotatable bonds is 13. The minimum Gasteiger partial charge on any atom is -0.442 e. The maximum absolute atomic E-state index is 12.7. The van der Waals surface area contributed by atoms with Gasteiger partial charge in [-0.3, -0.25) is 14.4 Å². The van der Waals surface area contributed by atoms with E-state index in [4.69, 9.17) is 14.3 Å². The Morgan fingerprint density at radius 1 is 0.919 bits per heavy atom. The maximum atomic E-state index is 12.7. The Balaban J connectivity index is 1.62. The zero-order chi connectivity index (χ0) is 27.9. The zero-order valence-corrected chi connectivity index (χ0v) is 24.1. The van der Waals surface area contributed by atoms with E-state index in [-0.39, 0.29) is 29.3 Å². The predicted molar refractivity (Wildman–Crippen MR) is 142 cm³/mol. The lowest BCUT2D eigenvalue weighted by molar-refractivity contribution is -0.128. The number of hydrogen-bond acceptors (Lipinski definition) is 6. The molecule has 0 aromatic rings. The monoisotopic (exact) mass is 523 g/mol. The average Bonchev–Trinajstić information content (AvgIpc) is 3.60. The molecule has 9 heteroatoms. The molecule has 0 aliphatic heterocycles. The molecule has 0 radical (unpaired) electrons. The van der Waals surface area contributed by atoms with Crippen molar-refractivity contribution in [1.82, 2.24) is 16.1 Å². The number of nitrogens with one attached hydrogen (secondary N) is 3. The quantitative estimate of drug-likeness (QED) is 0.313. The van der Waals surface area contributed by atoms with Crippen molar-refractivity contribution in [3.63, 3.8) is 0 Å². The van der Waals surface area contributed by atoms with E-state index < -0.39 is 11.7 Å². The number of hydroxylamine groups is 1. The Morgan fingerprint density at radius 3 is 2.05 bits per heavy atom. The fraction of sp³-hybridized carbons (Fsp3) is 0.821. The van der Waals surface area contributed by atoms with Crippen molar-refractivity contribution in [2.24, 2.45) is 28.6 Å². The second-order valence-corrected chi connectivity index (χ2v) is 13.3. The first kappa shape index (κ1) is 31.1. The molecule has 0 aromatic carbocycles. The molecule has 1 fully saturated rings. The average molecular weight is 524 g/mol. The molecule has 2 unspecified atom stereocenters. The lowest BCUT2D eigenvalue weighted by Crippen LogP contribution is -2.41. The lowest BCUT2D eigenvalue weighted by atomic mass is 9.78. The Bertz CT molecular complexity index is 826. The van der Waals surface area contributed by atoms with Crippen molar-refractivity contribution in [3.8, 4) is 0 Å². The molecule has 1 saturated carbocycles. The van der Waals surface area contributed by atoms with Crippen LogP contribution < -0.4 is 16.1 Å². The van der Waals surface area contributed by atoms with Gasteiger partial charge in [0.2, 0.25) is 11.8 Å². The molecule has 0 spiro atoms. The molecule has 3 N–H and O–H groups in total. The summed E-state index contributed by atoms with van der Waals surface area (Å²) in [5.74, 6) is 1.78. The van der Waals surface area contributed by atoms with Gasteiger partial charge in [-0.1, -0.05) is 40.7 Å². The maximum Gasteiger partial charge on any atom is 0.431 e. The van der Waals surface area contributed by atoms with Gasteiger partial charge < -0.3 is 20.1 Å². The SMILES string of the molecule is CC1C=C(C(=O)NCC(C)(C)COCC(C)(C)CNC(=O)CONC(=O)OC(C)(C)C)CCC1C1CC1. The summed E-state index contributed by atoms with van der Waals surface area (Å²) in [5, 5.41) is 5.89. The fourth-order valence-corrected chi connectivity index (χ4v) is 4.48. The highest BCUT2D eigenvalue weighted by atomic mass is 16.7. The third kappa shape index (κ3) is 12.3. The summed E-state index contributed by atoms with van der Waals surface area (Å²) in [6.45, 7) is 17.1. The van der Waals surface area contributed by atoms with Crippen molar-refractivity contribution in [1.29, 1.82) is 0 Å². The summed E-state index contributed by atoms with van der Waals surface area (Å²) in [6, 6.07) is 0. The molecule has 2 aliphatic carbocycles. The first-order valence-corrected chi connectivity index (χ1v) is 13.5. The summed E-state index contributed by atoms with van der Waals surface area (Å²) >= 11 is 0. The van der Waals surface area contributed by atoms with Gasteiger partial charge in [-0.2, -0.15) is 5.48 Å². The van der Waals surface area contributed by atoms with Gasteiger partial charge in [0.25, 0.3) is 0 Å². The number of carbonyl (C=O) groups excluding carboxylic acids is 3. The van der Waals surface area contributed by atoms with Crippen molar-refractivity contribution in [2.75, 3.05) is 32.9 Å². The van der Waals surface area contributed by atoms with Gasteiger partial charge >= 0.3 is 6.09 Å². The summed E-state index contributed by atoms with van der Waals surface area (Å²) in [5.41, 5.74) is 1.82. The first-order valence-electron chi connectivity index (χ1n) is 13.5. The molecule has 212 valence electrons. The van der Waals surface area contributed by atoms with Crippen LogP contribution in [0.4, 0.5) is 4.79 Å². The molecule has 9 nitrogen and oxygen atoms in total. The van der Waals surface area contributed by atoms with E-state index in [1.54, 1.807) is 20.8 Å². The van der Waals surface area contributed by atoms with Crippen LogP contribution in [0.15, 0.2) is 11.6 Å². The van der Waals surface area contributed by atoms with Gasteiger partial charge in [0.15, 0.2) is 6.61 Å². The smallest absolute Gasteiger partial charge is 0.431 e. The number of amides is 3. The Kier molecular flexibility index (Phi) is 11.0. The molecule has 0 bridgehead atoms. The minimum atomic E-state index is -0.750. The van der Waals surface area contributed by atoms with Crippen LogP contribution in [0.3, 0.4) is 0 Å². The van der Waals surface area contributed by atoms with E-state index in [0.29, 0.717) is 32.2 Å². The molecule has 0 heterocycles. The van der Waals surface area contributed by atoms with Crippen LogP contribution in [0.2, 0.25) is 0 Å². The molecule has 37 heavy (non-hydrogen) atoms. The van der Waals surface area contributed by atoms with Crippen LogP contribution in [-0.4, -0.2) is 56.4 Å². The van der Waals surface area contributed by atoms with E-state index in [2.05, 4.69) is 43.0 Å². The molecule has 2 rings (SSSR count). The van der Waals surface area contributed by atoms with Gasteiger partial charge in [-0.15, -0.1) is 0 Å². The number of ether oxygens (including phenoxy) is 2. The van der Waals surface area contributed by atoms with Crippen molar-refractivity contribution >= 4 is 17.9 Å². The summed E-state index contributed by atoms with van der Waals surface area (Å²) < 4.78 is 11.0. The van der Waals surface area contributed by atoms with Crippen LogP contribution in [0.5, 0.6) is 0 Å². The third-order valence-corrected chi connectivity index (χ3v) is 6.64. The number of hydrogen-bond donors (Lipinski definition) is 3. The Morgan fingerprint density at radius 2 is 1.51 bits per heavy atom. The van der Waals surface area contributed by atoms with Gasteiger partial charge in [0, 0.05) is 29.5 Å². The predicted octanol–water partition coefficient (Wildman–Crippen LogP) is 4.13. The fourth-order valence-electron chi connectivity index (χ4n) is 4.48. The highest BCUT2D eigenvalue weighted by Crippen LogP contribution is 2.45. The largest absolute Gasteiger partial charge is 0.442 e. The number of carbonyl (C=O) groups is 3. The van der Waals surface area contributed by atoms with Gasteiger partial charge in [0.1, 0.15) is 5.60 Å². The summed E-state index contributed by atoms with van der Waals surface area (Å²) in [6.07, 6.45) is 6.12. The normalized spacial score (nSPS) is 20.6. The highest BCUT2D eigenvalue weighted by Gasteiger charge is 2.36. The second kappa shape index (κ2) is 13.1. The molecular weight excluding hydrogens is 474 g/mol. The summed E-state index contributed by atoms with van der Waals surface area (Å²) in [7, 11) is 0. The van der Waals surface area contributed by atoms with E-state index in [9.17, 15) is 14.4 Å².